The molecule has 2 aromatic carbocycles. The number of hydrogen-bond donors (Lipinski definition) is 1. The highest BCUT2D eigenvalue weighted by molar-refractivity contribution is 7.89. The Labute approximate surface area is 208 Å². The van der Waals surface area contributed by atoms with Crippen molar-refractivity contribution >= 4 is 39.7 Å². The van der Waals surface area contributed by atoms with Gasteiger partial charge in [-0.05, 0) is 49.6 Å². The van der Waals surface area contributed by atoms with Gasteiger partial charge < -0.3 is 9.84 Å². The molecule has 1 aliphatic heterocycles. The van der Waals surface area contributed by atoms with Gasteiger partial charge in [-0.25, -0.2) is 12.8 Å². The number of halogens is 2. The quantitative estimate of drug-likeness (QED) is 0.492. The summed E-state index contributed by atoms with van der Waals surface area (Å²) in [4.78, 5) is 12.7. The topological polar surface area (TPSA) is 92.5 Å². The van der Waals surface area contributed by atoms with Crippen molar-refractivity contribution < 1.29 is 22.1 Å². The van der Waals surface area contributed by atoms with Crippen LogP contribution < -0.4 is 5.32 Å². The zero-order valence-electron chi connectivity index (χ0n) is 19.1. The van der Waals surface area contributed by atoms with Gasteiger partial charge in [-0.1, -0.05) is 53.2 Å². The van der Waals surface area contributed by atoms with Gasteiger partial charge in [-0.2, -0.15) is 4.31 Å². The van der Waals surface area contributed by atoms with Crippen LogP contribution in [0.5, 0.6) is 0 Å². The molecule has 1 atom stereocenters. The molecule has 0 radical (unpaired) electrons. The third kappa shape index (κ3) is 5.63. The lowest BCUT2D eigenvalue weighted by atomic mass is 9.99. The maximum atomic E-state index is 14.0. The average molecular weight is 518 g/mol. The standard InChI is InChI=1S/C25H25ClFN3O4S/c1-17-24(23(34-29-17)13-12-18-7-3-5-11-22(18)27)35(32,33)30-14-6-9-20(16-30)25(31)28-15-19-8-2-4-10-21(19)26/h2-5,7-8,10-13,20H,6,9,14-16H2,1H3,(H,28,31)/b13-12+/t20-/m0/s1. The normalized spacial score (nSPS) is 17.1. The number of aromatic nitrogens is 1. The molecule has 0 bridgehead atoms. The number of sulfonamides is 1. The first kappa shape index (κ1) is 25.1. The van der Waals surface area contributed by atoms with E-state index in [0.29, 0.717) is 17.9 Å². The molecule has 35 heavy (non-hydrogen) atoms. The van der Waals surface area contributed by atoms with E-state index >= 15 is 0 Å². The predicted molar refractivity (Wildman–Crippen MR) is 131 cm³/mol. The minimum Gasteiger partial charge on any atom is -0.355 e. The Kier molecular flexibility index (Phi) is 7.69. The molecule has 1 saturated heterocycles. The molecule has 184 valence electrons. The SMILES string of the molecule is Cc1noc(/C=C/c2ccccc2F)c1S(=O)(=O)N1CCC[C@H](C(=O)NCc2ccccc2Cl)C1. The molecule has 2 heterocycles. The third-order valence-corrected chi connectivity index (χ3v) is 8.31. The van der Waals surface area contributed by atoms with Gasteiger partial charge in [-0.3, -0.25) is 4.79 Å². The highest BCUT2D eigenvalue weighted by Crippen LogP contribution is 2.29. The Morgan fingerprint density at radius 3 is 2.74 bits per heavy atom. The molecule has 1 aliphatic rings. The number of benzene rings is 2. The van der Waals surface area contributed by atoms with E-state index in [9.17, 15) is 17.6 Å². The van der Waals surface area contributed by atoms with E-state index in [2.05, 4.69) is 10.5 Å². The molecule has 3 aromatic rings. The Morgan fingerprint density at radius 2 is 1.97 bits per heavy atom. The number of carbonyl (C=O) groups is 1. The number of piperidine rings is 1. The summed E-state index contributed by atoms with van der Waals surface area (Å²) < 4.78 is 47.6. The Balaban J connectivity index is 1.50. The van der Waals surface area contributed by atoms with Gasteiger partial charge in [0.2, 0.25) is 15.9 Å². The summed E-state index contributed by atoms with van der Waals surface area (Å²) in [6.45, 7) is 2.11. The fraction of sp³-hybridized carbons (Fsp3) is 0.280. The lowest BCUT2D eigenvalue weighted by Crippen LogP contribution is -2.45. The molecule has 0 aliphatic carbocycles. The lowest BCUT2D eigenvalue weighted by Gasteiger charge is -2.31. The van der Waals surface area contributed by atoms with Gasteiger partial charge in [0, 0.05) is 30.2 Å². The summed E-state index contributed by atoms with van der Waals surface area (Å²) in [7, 11) is -4.00. The monoisotopic (exact) mass is 517 g/mol. The molecule has 10 heteroatoms. The predicted octanol–water partition coefficient (Wildman–Crippen LogP) is 4.66. The van der Waals surface area contributed by atoms with Crippen molar-refractivity contribution in [3.8, 4) is 0 Å². The van der Waals surface area contributed by atoms with Crippen LogP contribution >= 0.6 is 11.6 Å². The van der Waals surface area contributed by atoms with Crippen LogP contribution in [-0.4, -0.2) is 36.9 Å². The number of rotatable bonds is 7. The number of carbonyl (C=O) groups excluding carboxylic acids is 1. The number of aryl methyl sites for hydroxylation is 1. The summed E-state index contributed by atoms with van der Waals surface area (Å²) in [5, 5.41) is 7.24. The molecule has 0 saturated carbocycles. The first-order valence-corrected chi connectivity index (χ1v) is 13.0. The number of nitrogens with one attached hydrogen (secondary N) is 1. The second kappa shape index (κ2) is 10.7. The number of amides is 1. The van der Waals surface area contributed by atoms with Crippen LogP contribution in [0.3, 0.4) is 0 Å². The van der Waals surface area contributed by atoms with Crippen molar-refractivity contribution in [2.45, 2.75) is 31.2 Å². The van der Waals surface area contributed by atoms with Crippen molar-refractivity contribution in [2.75, 3.05) is 13.1 Å². The van der Waals surface area contributed by atoms with Gasteiger partial charge in [0.05, 0.1) is 5.92 Å². The molecule has 1 amide bonds. The van der Waals surface area contributed by atoms with Crippen molar-refractivity contribution in [3.05, 3.63) is 82.0 Å². The van der Waals surface area contributed by atoms with Gasteiger partial charge in [0.1, 0.15) is 11.5 Å². The molecule has 7 nitrogen and oxygen atoms in total. The zero-order chi connectivity index (χ0) is 25.0. The van der Waals surface area contributed by atoms with Crippen LogP contribution in [0.2, 0.25) is 5.02 Å². The van der Waals surface area contributed by atoms with Crippen molar-refractivity contribution in [1.82, 2.24) is 14.8 Å². The van der Waals surface area contributed by atoms with E-state index in [4.69, 9.17) is 16.1 Å². The summed E-state index contributed by atoms with van der Waals surface area (Å²) in [5.41, 5.74) is 1.27. The summed E-state index contributed by atoms with van der Waals surface area (Å²) in [5.74, 6) is -1.16. The number of nitrogens with zero attached hydrogens (tertiary/aromatic N) is 2. The van der Waals surface area contributed by atoms with Gasteiger partial charge in [-0.15, -0.1) is 0 Å². The van der Waals surface area contributed by atoms with Crippen LogP contribution in [0.25, 0.3) is 12.2 Å². The maximum absolute atomic E-state index is 14.0. The van der Waals surface area contributed by atoms with Crippen LogP contribution in [0, 0.1) is 18.7 Å². The van der Waals surface area contributed by atoms with Gasteiger partial charge >= 0.3 is 0 Å². The Hall–Kier alpha value is -3.01. The molecule has 1 N–H and O–H groups in total. The van der Waals surface area contributed by atoms with E-state index in [0.717, 1.165) is 5.56 Å². The lowest BCUT2D eigenvalue weighted by molar-refractivity contribution is -0.126. The summed E-state index contributed by atoms with van der Waals surface area (Å²) >= 11 is 6.16. The van der Waals surface area contributed by atoms with Crippen LogP contribution in [-0.2, 0) is 21.4 Å². The van der Waals surface area contributed by atoms with Gasteiger partial charge in [0.25, 0.3) is 0 Å². The van der Waals surface area contributed by atoms with E-state index in [1.54, 1.807) is 24.3 Å². The summed E-state index contributed by atoms with van der Waals surface area (Å²) in [6.07, 6.45) is 3.94. The summed E-state index contributed by atoms with van der Waals surface area (Å²) in [6, 6.07) is 13.3. The molecule has 1 aromatic heterocycles. The highest BCUT2D eigenvalue weighted by Gasteiger charge is 2.36. The first-order chi connectivity index (χ1) is 16.8. The maximum Gasteiger partial charge on any atom is 0.248 e. The highest BCUT2D eigenvalue weighted by atomic mass is 35.5. The minimum atomic E-state index is -4.00. The second-order valence-corrected chi connectivity index (χ2v) is 10.6. The number of hydrogen-bond acceptors (Lipinski definition) is 5. The first-order valence-electron chi connectivity index (χ1n) is 11.2. The van der Waals surface area contributed by atoms with E-state index in [-0.39, 0.29) is 47.5 Å². The second-order valence-electron chi connectivity index (χ2n) is 8.33. The molecule has 0 unspecified atom stereocenters. The van der Waals surface area contributed by atoms with Crippen LogP contribution in [0.15, 0.2) is 57.9 Å². The fourth-order valence-corrected chi connectivity index (χ4v) is 6.02. The smallest absolute Gasteiger partial charge is 0.248 e. The molecule has 1 fully saturated rings. The third-order valence-electron chi connectivity index (χ3n) is 5.92. The minimum absolute atomic E-state index is 0.0102. The van der Waals surface area contributed by atoms with E-state index in [1.165, 1.54) is 29.4 Å². The largest absolute Gasteiger partial charge is 0.355 e. The fourth-order valence-electron chi connectivity index (χ4n) is 4.05. The van der Waals surface area contributed by atoms with E-state index in [1.807, 2.05) is 18.2 Å². The van der Waals surface area contributed by atoms with Crippen molar-refractivity contribution in [2.24, 2.45) is 5.92 Å². The molecular formula is C25H25ClFN3O4S. The van der Waals surface area contributed by atoms with Gasteiger partial charge in [0.15, 0.2) is 10.7 Å². The van der Waals surface area contributed by atoms with Crippen LogP contribution in [0.1, 0.15) is 35.4 Å². The van der Waals surface area contributed by atoms with E-state index < -0.39 is 21.8 Å². The Morgan fingerprint density at radius 1 is 1.23 bits per heavy atom. The van der Waals surface area contributed by atoms with Crippen LogP contribution in [0.4, 0.5) is 4.39 Å². The molecular weight excluding hydrogens is 493 g/mol. The molecule has 4 rings (SSSR count). The van der Waals surface area contributed by atoms with Crippen molar-refractivity contribution in [1.29, 1.82) is 0 Å². The average Bonchev–Trinajstić information content (AvgIpc) is 3.24. The molecule has 0 spiro atoms. The Bertz CT molecular complexity index is 1360. The van der Waals surface area contributed by atoms with Crippen molar-refractivity contribution in [3.63, 3.8) is 0 Å². The zero-order valence-corrected chi connectivity index (χ0v) is 20.7.